The Balaban J connectivity index is 1.49. The molecule has 8 nitrogen and oxygen atoms in total. The zero-order valence-corrected chi connectivity index (χ0v) is 19.2. The number of likely N-dealkylation sites (tertiary alicyclic amines) is 1. The first-order valence-electron chi connectivity index (χ1n) is 11.4. The smallest absolute Gasteiger partial charge is 0.319 e. The van der Waals surface area contributed by atoms with Crippen LogP contribution in [0.1, 0.15) is 25.7 Å². The molecule has 0 radical (unpaired) electrons. The van der Waals surface area contributed by atoms with Crippen LogP contribution in [0.3, 0.4) is 0 Å². The molecule has 8 heteroatoms. The van der Waals surface area contributed by atoms with Gasteiger partial charge < -0.3 is 25.8 Å². The van der Waals surface area contributed by atoms with Gasteiger partial charge in [0.25, 0.3) is 0 Å². The van der Waals surface area contributed by atoms with Crippen LogP contribution in [0, 0.1) is 5.92 Å². The second kappa shape index (κ2) is 11.3. The van der Waals surface area contributed by atoms with Gasteiger partial charge in [-0.05, 0) is 57.8 Å². The summed E-state index contributed by atoms with van der Waals surface area (Å²) < 4.78 is 0. The predicted molar refractivity (Wildman–Crippen MR) is 126 cm³/mol. The van der Waals surface area contributed by atoms with E-state index in [1.807, 2.05) is 18.2 Å². The van der Waals surface area contributed by atoms with Crippen molar-refractivity contribution in [1.82, 2.24) is 20.4 Å². The minimum Gasteiger partial charge on any atom is -0.370 e. The molecule has 2 fully saturated rings. The van der Waals surface area contributed by atoms with Crippen molar-refractivity contribution in [2.75, 3.05) is 70.6 Å². The van der Waals surface area contributed by atoms with Crippen LogP contribution in [0.25, 0.3) is 0 Å². The lowest BCUT2D eigenvalue weighted by atomic mass is 9.96. The Labute approximate surface area is 186 Å². The largest absolute Gasteiger partial charge is 0.370 e. The van der Waals surface area contributed by atoms with Crippen LogP contribution in [0.5, 0.6) is 0 Å². The van der Waals surface area contributed by atoms with Crippen LogP contribution in [-0.4, -0.2) is 88.2 Å². The first-order valence-corrected chi connectivity index (χ1v) is 11.4. The van der Waals surface area contributed by atoms with Crippen molar-refractivity contribution < 1.29 is 9.59 Å². The number of anilines is 2. The van der Waals surface area contributed by atoms with E-state index in [4.69, 9.17) is 0 Å². The van der Waals surface area contributed by atoms with Gasteiger partial charge in [-0.3, -0.25) is 9.69 Å². The summed E-state index contributed by atoms with van der Waals surface area (Å²) in [6.45, 7) is 5.23. The molecule has 3 N–H and O–H groups in total. The number of hydrogen-bond donors (Lipinski definition) is 3. The van der Waals surface area contributed by atoms with E-state index in [2.05, 4.69) is 50.8 Å². The molecule has 2 aliphatic rings. The summed E-state index contributed by atoms with van der Waals surface area (Å²) in [7, 11) is 5.93. The molecule has 172 valence electrons. The van der Waals surface area contributed by atoms with Crippen LogP contribution in [0.2, 0.25) is 0 Å². The summed E-state index contributed by atoms with van der Waals surface area (Å²) in [6.07, 6.45) is 4.05. The van der Waals surface area contributed by atoms with Gasteiger partial charge in [-0.2, -0.15) is 0 Å². The molecular weight excluding hydrogens is 392 g/mol. The maximum Gasteiger partial charge on any atom is 0.319 e. The van der Waals surface area contributed by atoms with Gasteiger partial charge in [0, 0.05) is 45.8 Å². The molecule has 0 bridgehead atoms. The van der Waals surface area contributed by atoms with Gasteiger partial charge in [-0.15, -0.1) is 0 Å². The topological polar surface area (TPSA) is 79.9 Å². The van der Waals surface area contributed by atoms with E-state index in [1.54, 1.807) is 7.05 Å². The zero-order valence-electron chi connectivity index (χ0n) is 19.2. The van der Waals surface area contributed by atoms with Crippen molar-refractivity contribution in [2.45, 2.75) is 31.7 Å². The summed E-state index contributed by atoms with van der Waals surface area (Å²) in [5.74, 6) is 0.774. The molecule has 2 heterocycles. The SMILES string of the molecule is CNC(=O)CN1CCC(NC(=O)Nc2ccccc2N2CCC(CN(C)C)CC2)CC1. The van der Waals surface area contributed by atoms with Crippen molar-refractivity contribution in [1.29, 1.82) is 0 Å². The molecule has 3 rings (SSSR count). The molecule has 31 heavy (non-hydrogen) atoms. The summed E-state index contributed by atoms with van der Waals surface area (Å²) in [5, 5.41) is 8.85. The lowest BCUT2D eigenvalue weighted by molar-refractivity contribution is -0.122. The average Bonchev–Trinajstić information content (AvgIpc) is 2.75. The lowest BCUT2D eigenvalue weighted by Crippen LogP contribution is -2.48. The van der Waals surface area contributed by atoms with Crippen LogP contribution >= 0.6 is 0 Å². The maximum atomic E-state index is 12.7. The van der Waals surface area contributed by atoms with Crippen LogP contribution in [0.15, 0.2) is 24.3 Å². The second-order valence-electron chi connectivity index (χ2n) is 9.03. The van der Waals surface area contributed by atoms with Gasteiger partial charge in [0.2, 0.25) is 5.91 Å². The number of amides is 3. The Morgan fingerprint density at radius 2 is 1.71 bits per heavy atom. The molecule has 1 aromatic carbocycles. The molecule has 0 aromatic heterocycles. The molecule has 0 atom stereocenters. The Bertz CT molecular complexity index is 725. The third kappa shape index (κ3) is 7.11. The van der Waals surface area contributed by atoms with Crippen LogP contribution < -0.4 is 20.9 Å². The van der Waals surface area contributed by atoms with E-state index in [1.165, 1.54) is 12.8 Å². The number of rotatable bonds is 7. The number of urea groups is 1. The van der Waals surface area contributed by atoms with E-state index in [0.29, 0.717) is 6.54 Å². The summed E-state index contributed by atoms with van der Waals surface area (Å²) in [4.78, 5) is 31.0. The quantitative estimate of drug-likeness (QED) is 0.615. The number of benzene rings is 1. The van der Waals surface area contributed by atoms with E-state index < -0.39 is 0 Å². The first-order chi connectivity index (χ1) is 14.9. The molecule has 0 spiro atoms. The van der Waals surface area contributed by atoms with Gasteiger partial charge >= 0.3 is 6.03 Å². The fourth-order valence-corrected chi connectivity index (χ4v) is 4.59. The monoisotopic (exact) mass is 430 g/mol. The molecule has 1 aromatic rings. The standard InChI is InChI=1S/C23H38N6O2/c1-24-22(30)17-28-12-10-19(11-13-28)25-23(31)26-20-6-4-5-7-21(20)29-14-8-18(9-15-29)16-27(2)3/h4-7,18-19H,8-17H2,1-3H3,(H,24,30)(H2,25,26,31). The molecule has 2 saturated heterocycles. The summed E-state index contributed by atoms with van der Waals surface area (Å²) >= 11 is 0. The number of para-hydroxylation sites is 2. The van der Waals surface area contributed by atoms with Crippen molar-refractivity contribution in [3.63, 3.8) is 0 Å². The molecule has 0 saturated carbocycles. The van der Waals surface area contributed by atoms with Crippen molar-refractivity contribution in [3.05, 3.63) is 24.3 Å². The highest BCUT2D eigenvalue weighted by Gasteiger charge is 2.24. The van der Waals surface area contributed by atoms with Crippen molar-refractivity contribution in [2.24, 2.45) is 5.92 Å². The van der Waals surface area contributed by atoms with Crippen LogP contribution in [-0.2, 0) is 4.79 Å². The third-order valence-corrected chi connectivity index (χ3v) is 6.30. The Morgan fingerprint density at radius 1 is 1.03 bits per heavy atom. The normalized spacial score (nSPS) is 18.8. The number of carbonyl (C=O) groups is 2. The van der Waals surface area contributed by atoms with E-state index >= 15 is 0 Å². The van der Waals surface area contributed by atoms with Gasteiger partial charge in [0.15, 0.2) is 0 Å². The first kappa shape index (κ1) is 23.3. The Kier molecular flexibility index (Phi) is 8.54. The Hall–Kier alpha value is -2.32. The zero-order chi connectivity index (χ0) is 22.2. The van der Waals surface area contributed by atoms with Gasteiger partial charge in [0.1, 0.15) is 0 Å². The van der Waals surface area contributed by atoms with E-state index in [-0.39, 0.29) is 18.0 Å². The number of nitrogens with one attached hydrogen (secondary N) is 3. The highest BCUT2D eigenvalue weighted by atomic mass is 16.2. The van der Waals surface area contributed by atoms with E-state index in [9.17, 15) is 9.59 Å². The number of hydrogen-bond acceptors (Lipinski definition) is 5. The lowest BCUT2D eigenvalue weighted by Gasteiger charge is -2.35. The molecular formula is C23H38N6O2. The minimum absolute atomic E-state index is 0.0338. The summed E-state index contributed by atoms with van der Waals surface area (Å²) in [5.41, 5.74) is 1.96. The van der Waals surface area contributed by atoms with E-state index in [0.717, 1.165) is 62.9 Å². The Morgan fingerprint density at radius 3 is 2.35 bits per heavy atom. The van der Waals surface area contributed by atoms with Gasteiger partial charge in [-0.25, -0.2) is 4.79 Å². The van der Waals surface area contributed by atoms with Crippen molar-refractivity contribution in [3.8, 4) is 0 Å². The number of piperidine rings is 2. The van der Waals surface area contributed by atoms with Gasteiger partial charge in [-0.1, -0.05) is 12.1 Å². The average molecular weight is 431 g/mol. The second-order valence-corrected chi connectivity index (χ2v) is 9.03. The highest BCUT2D eigenvalue weighted by molar-refractivity contribution is 5.93. The maximum absolute atomic E-state index is 12.7. The molecule has 0 unspecified atom stereocenters. The highest BCUT2D eigenvalue weighted by Crippen LogP contribution is 2.30. The molecule has 0 aliphatic carbocycles. The number of carbonyl (C=O) groups excluding carboxylic acids is 2. The molecule has 2 aliphatic heterocycles. The fraction of sp³-hybridized carbons (Fsp3) is 0.652. The van der Waals surface area contributed by atoms with Gasteiger partial charge in [0.05, 0.1) is 17.9 Å². The molecule has 3 amide bonds. The number of likely N-dealkylation sites (N-methyl/N-ethyl adjacent to an activating group) is 1. The third-order valence-electron chi connectivity index (χ3n) is 6.30. The van der Waals surface area contributed by atoms with Crippen LogP contribution in [0.4, 0.5) is 16.2 Å². The predicted octanol–water partition coefficient (Wildman–Crippen LogP) is 1.80. The minimum atomic E-state index is -0.153. The summed E-state index contributed by atoms with van der Waals surface area (Å²) in [6, 6.07) is 8.06. The van der Waals surface area contributed by atoms with Crippen molar-refractivity contribution >= 4 is 23.3 Å². The fourth-order valence-electron chi connectivity index (χ4n) is 4.59. The number of nitrogens with zero attached hydrogens (tertiary/aromatic N) is 3.